The zero-order chi connectivity index (χ0) is 60.4. The fourth-order valence-electron chi connectivity index (χ4n) is 19.5. The first kappa shape index (κ1) is 63.5. The van der Waals surface area contributed by atoms with E-state index in [0.717, 1.165) is 153 Å². The third-order valence-electron chi connectivity index (χ3n) is 24.2. The smallest absolute Gasteiger partial charge is 0.446 e. The quantitative estimate of drug-likeness (QED) is 0.0591. The number of carbonyl (C=O) groups excluding carboxylic acids is 2. The molecule has 19 heteroatoms. The second-order valence-electron chi connectivity index (χ2n) is 27.8. The molecule has 4 N–H and O–H groups in total. The average molecular weight is 1220 g/mol. The summed E-state index contributed by atoms with van der Waals surface area (Å²) in [5.74, 6) is 2.97. The molecule has 2 saturated heterocycles. The maximum atomic E-state index is 12.7. The van der Waals surface area contributed by atoms with Crippen LogP contribution in [0.1, 0.15) is 185 Å². The molecule has 8 aliphatic carbocycles. The number of aliphatic hydroxyl groups is 2. The Kier molecular flexibility index (Phi) is 19.6. The summed E-state index contributed by atoms with van der Waals surface area (Å²) in [6, 6.07) is 12.1. The van der Waals surface area contributed by atoms with Gasteiger partial charge < -0.3 is 48.8 Å². The highest BCUT2D eigenvalue weighted by Crippen LogP contribution is 2.72. The van der Waals surface area contributed by atoms with Crippen LogP contribution in [0.15, 0.2) is 79.5 Å². The van der Waals surface area contributed by atoms with Gasteiger partial charge in [-0.15, -0.1) is 23.2 Å². The monoisotopic (exact) mass is 1220 g/mol. The number of non-ortho nitro benzene ring substituents is 1. The van der Waals surface area contributed by atoms with Crippen molar-refractivity contribution < 1.29 is 47.8 Å². The molecule has 0 radical (unpaired) electrons. The summed E-state index contributed by atoms with van der Waals surface area (Å²) >= 11 is 9.53. The van der Waals surface area contributed by atoms with E-state index in [0.29, 0.717) is 29.6 Å². The fraction of sp³-hybridized carbons (Fsp3) is 0.727. The van der Waals surface area contributed by atoms with Crippen molar-refractivity contribution in [1.82, 2.24) is 15.5 Å². The normalized spacial score (nSPS) is 38.8. The van der Waals surface area contributed by atoms with Crippen molar-refractivity contribution in [2.45, 2.75) is 198 Å². The number of rotatable bonds is 6. The van der Waals surface area contributed by atoms with Crippen molar-refractivity contribution in [3.63, 3.8) is 0 Å². The Morgan fingerprint density at radius 3 is 1.51 bits per heavy atom. The minimum atomic E-state index is -0.785. The number of hydrogen-bond donors (Lipinski definition) is 4. The van der Waals surface area contributed by atoms with Crippen molar-refractivity contribution in [2.24, 2.45) is 57.2 Å². The molecule has 10 aliphatic rings. The van der Waals surface area contributed by atoms with E-state index in [1.165, 1.54) is 68.8 Å². The van der Waals surface area contributed by atoms with E-state index < -0.39 is 22.3 Å². The van der Waals surface area contributed by atoms with E-state index in [1.807, 2.05) is 17.0 Å². The van der Waals surface area contributed by atoms with Crippen molar-refractivity contribution in [3.05, 3.63) is 103 Å². The van der Waals surface area contributed by atoms with Crippen LogP contribution >= 0.6 is 23.2 Å². The molecule has 17 nitrogen and oxygen atoms in total. The molecule has 0 unspecified atom stereocenters. The van der Waals surface area contributed by atoms with Gasteiger partial charge in [0.25, 0.3) is 5.69 Å². The Balaban J connectivity index is 0.000000166. The number of hydrogen-bond acceptors (Lipinski definition) is 15. The first-order valence-corrected chi connectivity index (χ1v) is 33.0. The maximum absolute atomic E-state index is 12.7. The van der Waals surface area contributed by atoms with Crippen molar-refractivity contribution in [3.8, 4) is 5.75 Å². The lowest BCUT2D eigenvalue weighted by molar-refractivity contribution is -0.384. The van der Waals surface area contributed by atoms with E-state index in [9.17, 15) is 39.5 Å². The zero-order valence-corrected chi connectivity index (χ0v) is 51.9. The van der Waals surface area contributed by atoms with Crippen LogP contribution in [0, 0.1) is 67.3 Å². The third kappa shape index (κ3) is 12.5. The number of alkyl halides is 2. The predicted octanol–water partition coefficient (Wildman–Crippen LogP) is 12.8. The summed E-state index contributed by atoms with van der Waals surface area (Å²) in [5, 5.41) is 42.4. The number of fused-ring (bicyclic) bond motifs is 10. The number of carbonyl (C=O) groups is 2. The van der Waals surface area contributed by atoms with Crippen LogP contribution in [-0.4, -0.2) is 100 Å². The molecule has 13 rings (SSSR count). The van der Waals surface area contributed by atoms with Crippen LogP contribution in [0.3, 0.4) is 0 Å². The number of nitrogens with one attached hydrogen (secondary N) is 2. The SMILES string of the molecule is C1CCNCC1.C[C@]12CC[C@H](OC(=O)N3CCNCC3)C[C@H]1CC[C@@H]1[C@@H]2CC[C@]2(C)[C@@H](c3ccc(=O)oc3)CC[C@]12O.C[C@]12CC[C@H](OC(=O)Oc3ccc([N+](=O)[O-])cc3)C[C@H]1CC[C@@H]1[C@@H]2CC[C@]2(C)[C@@H](c3ccc(=O)oc3)CC[C@]12O.ClCCl. The maximum Gasteiger partial charge on any atom is 0.514 e. The minimum Gasteiger partial charge on any atom is -0.446 e. The predicted molar refractivity (Wildman–Crippen MR) is 324 cm³/mol. The first-order valence-electron chi connectivity index (χ1n) is 31.9. The molecule has 4 heterocycles. The number of piperidine rings is 1. The number of nitrogens with zero attached hydrogens (tertiary/aromatic N) is 2. The molecule has 1 aromatic carbocycles. The number of benzene rings is 1. The van der Waals surface area contributed by atoms with Gasteiger partial charge in [0.15, 0.2) is 0 Å². The molecule has 0 bridgehead atoms. The topological polar surface area (TPSA) is 233 Å². The van der Waals surface area contributed by atoms with Gasteiger partial charge in [-0.1, -0.05) is 34.1 Å². The highest BCUT2D eigenvalue weighted by molar-refractivity contribution is 6.40. The molecule has 3 aromatic rings. The highest BCUT2D eigenvalue weighted by Gasteiger charge is 2.69. The number of amides is 1. The lowest BCUT2D eigenvalue weighted by Crippen LogP contribution is -2.62. The van der Waals surface area contributed by atoms with E-state index in [2.05, 4.69) is 38.3 Å². The number of ether oxygens (including phenoxy) is 3. The van der Waals surface area contributed by atoms with Gasteiger partial charge in [-0.05, 0) is 235 Å². The number of nitro groups is 1. The van der Waals surface area contributed by atoms with Gasteiger partial charge in [-0.25, -0.2) is 19.2 Å². The Bertz CT molecular complexity index is 2870. The van der Waals surface area contributed by atoms with E-state index in [4.69, 9.17) is 46.2 Å². The Labute approximate surface area is 510 Å². The summed E-state index contributed by atoms with van der Waals surface area (Å²) in [5.41, 5.74) is -0.326. The molecule has 8 saturated carbocycles. The Morgan fingerprint density at radius 1 is 0.612 bits per heavy atom. The molecule has 10 fully saturated rings. The van der Waals surface area contributed by atoms with Crippen LogP contribution in [0.2, 0.25) is 0 Å². The van der Waals surface area contributed by atoms with Crippen molar-refractivity contribution >= 4 is 41.1 Å². The molecule has 1 amide bonds. The van der Waals surface area contributed by atoms with Gasteiger partial charge in [0, 0.05) is 61.3 Å². The number of nitro benzene ring substituents is 1. The Morgan fingerprint density at radius 2 is 1.08 bits per heavy atom. The number of halogens is 2. The largest absolute Gasteiger partial charge is 0.514 e. The van der Waals surface area contributed by atoms with Crippen LogP contribution < -0.4 is 26.6 Å². The zero-order valence-electron chi connectivity index (χ0n) is 50.4. The second kappa shape index (κ2) is 26.3. The molecular weight excluding hydrogens is 1130 g/mol. The lowest BCUT2D eigenvalue weighted by atomic mass is 9.43. The molecule has 2 aromatic heterocycles. The van der Waals surface area contributed by atoms with Gasteiger partial charge >= 0.3 is 23.5 Å². The molecule has 0 spiro atoms. The van der Waals surface area contributed by atoms with Crippen LogP contribution in [-0.2, 0) is 9.47 Å². The fourth-order valence-corrected chi connectivity index (χ4v) is 19.5. The molecule has 468 valence electrons. The molecule has 85 heavy (non-hydrogen) atoms. The second-order valence-corrected chi connectivity index (χ2v) is 28.6. The molecule has 16 atom stereocenters. The van der Waals surface area contributed by atoms with Gasteiger partial charge in [-0.2, -0.15) is 0 Å². The molecule has 2 aliphatic heterocycles. The highest BCUT2D eigenvalue weighted by atomic mass is 35.5. The van der Waals surface area contributed by atoms with E-state index in [-0.39, 0.29) is 85.7 Å². The van der Waals surface area contributed by atoms with E-state index in [1.54, 1.807) is 12.5 Å². The van der Waals surface area contributed by atoms with E-state index >= 15 is 0 Å². The van der Waals surface area contributed by atoms with Gasteiger partial charge in [0.2, 0.25) is 0 Å². The Hall–Kier alpha value is -4.52. The van der Waals surface area contributed by atoms with Gasteiger partial charge in [0.1, 0.15) is 18.0 Å². The number of piperazine rings is 1. The summed E-state index contributed by atoms with van der Waals surface area (Å²) < 4.78 is 27.4. The summed E-state index contributed by atoms with van der Waals surface area (Å²) in [6.45, 7) is 15.0. The van der Waals surface area contributed by atoms with Crippen molar-refractivity contribution in [1.29, 1.82) is 0 Å². The van der Waals surface area contributed by atoms with Crippen molar-refractivity contribution in [2.75, 3.05) is 44.6 Å². The third-order valence-corrected chi connectivity index (χ3v) is 24.2. The van der Waals surface area contributed by atoms with Crippen LogP contribution in [0.4, 0.5) is 15.3 Å². The summed E-state index contributed by atoms with van der Waals surface area (Å²) in [6.07, 6.45) is 23.3. The minimum absolute atomic E-state index is 0.0163. The summed E-state index contributed by atoms with van der Waals surface area (Å²) in [4.78, 5) is 60.5. The first-order chi connectivity index (χ1) is 40.7. The van der Waals surface area contributed by atoms with Crippen LogP contribution in [0.25, 0.3) is 0 Å². The van der Waals surface area contributed by atoms with Gasteiger partial charge in [0.05, 0.1) is 34.0 Å². The van der Waals surface area contributed by atoms with Gasteiger partial charge in [-0.3, -0.25) is 10.1 Å². The van der Waals surface area contributed by atoms with Crippen LogP contribution in [0.5, 0.6) is 5.75 Å². The lowest BCUT2D eigenvalue weighted by Gasteiger charge is -2.63. The standard InChI is InChI=1S/C31H37NO8.C29H42N2O5.C5H11N.CH2Cl2/c1-29-14-11-23(40-28(34)39-22-7-5-21(6-8-22)32(36)37)17-20(29)4-9-26-25(29)12-15-30(2)24(13-16-31(26,30)35)19-3-10-27(33)38-18-19;1-27-10-7-21(36-26(33)31-15-13-30-14-16-31)17-20(27)4-5-24-23(27)8-11-28(2)22(9-12-29(24,28)34)19-3-6-25(32)35-18-19;1-2-4-6-5-3-1;2-1-3/h3,5-8,10,18,20,23-26,35H,4,9,11-17H2,1-2H3;3,6,18,20-24,30,34H,4-5,7-17H2,1-2H3;6H,1-5H2;1H2/t20-,23+,24-,25+,26-,29+,30-,31+;20-,21+,22-,23+,24-,27+,28-,29+;;/m11../s1. The summed E-state index contributed by atoms with van der Waals surface area (Å²) in [7, 11) is 0. The molecular formula is C66H92Cl2N4O13. The average Bonchev–Trinajstić information content (AvgIpc) is 1.74.